The van der Waals surface area contributed by atoms with Crippen molar-refractivity contribution >= 4 is 17.1 Å². The van der Waals surface area contributed by atoms with Gasteiger partial charge >= 0.3 is 0 Å². The van der Waals surface area contributed by atoms with E-state index in [1.807, 2.05) is 36.4 Å². The summed E-state index contributed by atoms with van der Waals surface area (Å²) in [4.78, 5) is 10.9. The SMILES string of the molecule is CCCCCOc1ccc2c(C=O)cccc2c1. The van der Waals surface area contributed by atoms with Crippen LogP contribution in [0.5, 0.6) is 5.75 Å². The van der Waals surface area contributed by atoms with Gasteiger partial charge in [0.15, 0.2) is 6.29 Å². The zero-order valence-electron chi connectivity index (χ0n) is 10.7. The Morgan fingerprint density at radius 3 is 2.83 bits per heavy atom. The number of hydrogen-bond donors (Lipinski definition) is 0. The second-order valence-corrected chi connectivity index (χ2v) is 4.40. The minimum Gasteiger partial charge on any atom is -0.494 e. The molecule has 0 radical (unpaired) electrons. The lowest BCUT2D eigenvalue weighted by molar-refractivity contribution is 0.112. The van der Waals surface area contributed by atoms with Crippen LogP contribution in [0, 0.1) is 0 Å². The van der Waals surface area contributed by atoms with Crippen molar-refractivity contribution in [1.29, 1.82) is 0 Å². The van der Waals surface area contributed by atoms with E-state index in [-0.39, 0.29) is 0 Å². The van der Waals surface area contributed by atoms with Crippen LogP contribution in [0.2, 0.25) is 0 Å². The second-order valence-electron chi connectivity index (χ2n) is 4.40. The summed E-state index contributed by atoms with van der Waals surface area (Å²) in [5.41, 5.74) is 0.727. The maximum Gasteiger partial charge on any atom is 0.150 e. The number of rotatable bonds is 6. The molecule has 94 valence electrons. The topological polar surface area (TPSA) is 26.3 Å². The van der Waals surface area contributed by atoms with E-state index >= 15 is 0 Å². The number of unbranched alkanes of at least 4 members (excludes halogenated alkanes) is 2. The van der Waals surface area contributed by atoms with E-state index in [2.05, 4.69) is 6.92 Å². The Balaban J connectivity index is 2.15. The third-order valence-electron chi connectivity index (χ3n) is 3.03. The summed E-state index contributed by atoms with van der Waals surface area (Å²) in [6.07, 6.45) is 4.37. The summed E-state index contributed by atoms with van der Waals surface area (Å²) >= 11 is 0. The molecule has 0 N–H and O–H groups in total. The van der Waals surface area contributed by atoms with Crippen molar-refractivity contribution in [1.82, 2.24) is 0 Å². The number of ether oxygens (including phenoxy) is 1. The summed E-state index contributed by atoms with van der Waals surface area (Å²) in [6.45, 7) is 2.93. The second kappa shape index (κ2) is 6.20. The van der Waals surface area contributed by atoms with E-state index in [1.54, 1.807) is 0 Å². The first-order valence-corrected chi connectivity index (χ1v) is 6.46. The Labute approximate surface area is 108 Å². The molecule has 0 fully saturated rings. The van der Waals surface area contributed by atoms with Crippen molar-refractivity contribution < 1.29 is 9.53 Å². The summed E-state index contributed by atoms with van der Waals surface area (Å²) < 4.78 is 5.70. The maximum absolute atomic E-state index is 10.9. The Kier molecular flexibility index (Phi) is 4.35. The smallest absolute Gasteiger partial charge is 0.150 e. The Hall–Kier alpha value is -1.83. The van der Waals surface area contributed by atoms with Gasteiger partial charge in [0.05, 0.1) is 6.61 Å². The van der Waals surface area contributed by atoms with Gasteiger partial charge in [0, 0.05) is 5.56 Å². The molecule has 2 nitrogen and oxygen atoms in total. The first-order chi connectivity index (χ1) is 8.85. The zero-order valence-corrected chi connectivity index (χ0v) is 10.7. The van der Waals surface area contributed by atoms with E-state index < -0.39 is 0 Å². The van der Waals surface area contributed by atoms with Gasteiger partial charge in [-0.1, -0.05) is 38.0 Å². The van der Waals surface area contributed by atoms with Gasteiger partial charge in [-0.2, -0.15) is 0 Å². The molecular weight excluding hydrogens is 224 g/mol. The maximum atomic E-state index is 10.9. The third kappa shape index (κ3) is 2.89. The number of carbonyl (C=O) groups excluding carboxylic acids is 1. The number of hydrogen-bond acceptors (Lipinski definition) is 2. The number of carbonyl (C=O) groups is 1. The fraction of sp³-hybridized carbons (Fsp3) is 0.312. The van der Waals surface area contributed by atoms with Crippen molar-refractivity contribution in [2.75, 3.05) is 6.61 Å². The molecule has 2 aromatic carbocycles. The van der Waals surface area contributed by atoms with Crippen molar-refractivity contribution in [3.8, 4) is 5.75 Å². The first-order valence-electron chi connectivity index (χ1n) is 6.46. The van der Waals surface area contributed by atoms with Gasteiger partial charge < -0.3 is 4.74 Å². The lowest BCUT2D eigenvalue weighted by Gasteiger charge is -2.07. The van der Waals surface area contributed by atoms with Crippen molar-refractivity contribution in [3.05, 3.63) is 42.0 Å². The van der Waals surface area contributed by atoms with Crippen LogP contribution in [-0.4, -0.2) is 12.9 Å². The Morgan fingerprint density at radius 1 is 1.17 bits per heavy atom. The highest BCUT2D eigenvalue weighted by molar-refractivity contribution is 5.98. The fourth-order valence-electron chi connectivity index (χ4n) is 2.02. The number of aldehydes is 1. The van der Waals surface area contributed by atoms with Crippen molar-refractivity contribution in [2.45, 2.75) is 26.2 Å². The van der Waals surface area contributed by atoms with E-state index in [9.17, 15) is 4.79 Å². The van der Waals surface area contributed by atoms with Crippen LogP contribution in [0.1, 0.15) is 36.5 Å². The average molecular weight is 242 g/mol. The Morgan fingerprint density at radius 2 is 2.06 bits per heavy atom. The van der Waals surface area contributed by atoms with E-state index in [0.717, 1.165) is 41.4 Å². The molecule has 0 spiro atoms. The van der Waals surface area contributed by atoms with E-state index in [0.29, 0.717) is 0 Å². The van der Waals surface area contributed by atoms with Crippen LogP contribution in [-0.2, 0) is 0 Å². The molecule has 0 heterocycles. The van der Waals surface area contributed by atoms with Crippen LogP contribution in [0.25, 0.3) is 10.8 Å². The van der Waals surface area contributed by atoms with Crippen LogP contribution in [0.4, 0.5) is 0 Å². The molecular formula is C16H18O2. The minimum absolute atomic E-state index is 0.727. The molecule has 0 aliphatic rings. The standard InChI is InChI=1S/C16H18O2/c1-2-3-4-10-18-15-8-9-16-13(11-15)6-5-7-14(16)12-17/h5-9,11-12H,2-4,10H2,1H3. The summed E-state index contributed by atoms with van der Waals surface area (Å²) in [5, 5.41) is 2.03. The zero-order chi connectivity index (χ0) is 12.8. The molecule has 0 aromatic heterocycles. The highest BCUT2D eigenvalue weighted by Gasteiger charge is 2.01. The van der Waals surface area contributed by atoms with E-state index in [4.69, 9.17) is 4.74 Å². The highest BCUT2D eigenvalue weighted by Crippen LogP contribution is 2.23. The lowest BCUT2D eigenvalue weighted by atomic mass is 10.1. The molecule has 2 rings (SSSR count). The third-order valence-corrected chi connectivity index (χ3v) is 3.03. The molecule has 0 amide bonds. The quantitative estimate of drug-likeness (QED) is 0.560. The monoisotopic (exact) mass is 242 g/mol. The predicted molar refractivity (Wildman–Crippen MR) is 74.4 cm³/mol. The normalized spacial score (nSPS) is 10.5. The van der Waals surface area contributed by atoms with Crippen LogP contribution >= 0.6 is 0 Å². The molecule has 0 bridgehead atoms. The molecule has 0 saturated carbocycles. The van der Waals surface area contributed by atoms with Crippen molar-refractivity contribution in [3.63, 3.8) is 0 Å². The first kappa shape index (κ1) is 12.6. The molecule has 2 heteroatoms. The van der Waals surface area contributed by atoms with Gasteiger partial charge in [-0.05, 0) is 35.4 Å². The van der Waals surface area contributed by atoms with Gasteiger partial charge in [0.25, 0.3) is 0 Å². The lowest BCUT2D eigenvalue weighted by Crippen LogP contribution is -1.97. The molecule has 18 heavy (non-hydrogen) atoms. The van der Waals surface area contributed by atoms with Gasteiger partial charge in [-0.15, -0.1) is 0 Å². The van der Waals surface area contributed by atoms with Gasteiger partial charge in [0.2, 0.25) is 0 Å². The van der Waals surface area contributed by atoms with E-state index in [1.165, 1.54) is 12.8 Å². The van der Waals surface area contributed by atoms with Crippen molar-refractivity contribution in [2.24, 2.45) is 0 Å². The Bertz CT molecular complexity index is 532. The number of fused-ring (bicyclic) bond motifs is 1. The summed E-state index contributed by atoms with van der Waals surface area (Å²) in [6, 6.07) is 11.6. The average Bonchev–Trinajstić information content (AvgIpc) is 2.42. The molecule has 0 aliphatic heterocycles. The molecule has 0 atom stereocenters. The molecule has 0 aliphatic carbocycles. The fourth-order valence-corrected chi connectivity index (χ4v) is 2.02. The minimum atomic E-state index is 0.727. The molecule has 0 saturated heterocycles. The highest BCUT2D eigenvalue weighted by atomic mass is 16.5. The van der Waals surface area contributed by atoms with Crippen LogP contribution < -0.4 is 4.74 Å². The predicted octanol–water partition coefficient (Wildman–Crippen LogP) is 4.22. The van der Waals surface area contributed by atoms with Gasteiger partial charge in [0.1, 0.15) is 5.75 Å². The number of benzene rings is 2. The molecule has 2 aromatic rings. The summed E-state index contributed by atoms with van der Waals surface area (Å²) in [5.74, 6) is 0.877. The van der Waals surface area contributed by atoms with Gasteiger partial charge in [-0.3, -0.25) is 4.79 Å². The van der Waals surface area contributed by atoms with Gasteiger partial charge in [-0.25, -0.2) is 0 Å². The van der Waals surface area contributed by atoms with Crippen LogP contribution in [0.15, 0.2) is 36.4 Å². The summed E-state index contributed by atoms with van der Waals surface area (Å²) in [7, 11) is 0. The van der Waals surface area contributed by atoms with Crippen LogP contribution in [0.3, 0.4) is 0 Å². The molecule has 0 unspecified atom stereocenters. The largest absolute Gasteiger partial charge is 0.494 e.